The van der Waals surface area contributed by atoms with Crippen LogP contribution in [0.15, 0.2) is 9.95 Å². The van der Waals surface area contributed by atoms with Gasteiger partial charge in [-0.05, 0) is 33.1 Å². The summed E-state index contributed by atoms with van der Waals surface area (Å²) < 4.78 is 3.23. The average molecular weight is 389 g/mol. The van der Waals surface area contributed by atoms with Gasteiger partial charge in [0.25, 0.3) is 5.56 Å². The normalized spacial score (nSPS) is 15.4. The predicted octanol–water partition coefficient (Wildman–Crippen LogP) is 1.71. The Bertz CT molecular complexity index is 979. The molecular formula is C18H23N5O3S. The molecule has 1 N–H and O–H groups in total. The third-order valence-electron chi connectivity index (χ3n) is 4.61. The van der Waals surface area contributed by atoms with Crippen molar-refractivity contribution in [3.05, 3.63) is 10.4 Å². The molecule has 3 rings (SSSR count). The minimum Gasteiger partial charge on any atom is -0.480 e. The van der Waals surface area contributed by atoms with Crippen molar-refractivity contribution in [3.8, 4) is 11.8 Å². The van der Waals surface area contributed by atoms with Gasteiger partial charge in [-0.25, -0.2) is 4.98 Å². The number of imidazole rings is 1. The van der Waals surface area contributed by atoms with Crippen LogP contribution < -0.4 is 10.5 Å². The fraction of sp³-hybridized carbons (Fsp3) is 0.556. The second-order valence-corrected chi connectivity index (χ2v) is 7.81. The van der Waals surface area contributed by atoms with Crippen LogP contribution in [0.1, 0.15) is 33.1 Å². The van der Waals surface area contributed by atoms with Gasteiger partial charge in [-0.3, -0.25) is 18.7 Å². The van der Waals surface area contributed by atoms with Gasteiger partial charge in [-0.15, -0.1) is 5.92 Å². The predicted molar refractivity (Wildman–Crippen MR) is 105 cm³/mol. The number of fused-ring (bicyclic) bond motifs is 1. The summed E-state index contributed by atoms with van der Waals surface area (Å²) in [7, 11) is 1.61. The van der Waals surface area contributed by atoms with E-state index in [9.17, 15) is 9.59 Å². The van der Waals surface area contributed by atoms with E-state index < -0.39 is 11.2 Å². The van der Waals surface area contributed by atoms with Crippen LogP contribution in [0.3, 0.4) is 0 Å². The van der Waals surface area contributed by atoms with Gasteiger partial charge in [0.2, 0.25) is 5.95 Å². The Morgan fingerprint density at radius 1 is 1.30 bits per heavy atom. The molecule has 0 spiro atoms. The number of rotatable bonds is 5. The van der Waals surface area contributed by atoms with E-state index in [1.807, 2.05) is 4.57 Å². The highest BCUT2D eigenvalue weighted by atomic mass is 32.2. The summed E-state index contributed by atoms with van der Waals surface area (Å²) in [4.78, 5) is 35.5. The summed E-state index contributed by atoms with van der Waals surface area (Å²) in [5.41, 5.74) is 0.513. The number of carboxylic acids is 1. The zero-order chi connectivity index (χ0) is 19.6. The van der Waals surface area contributed by atoms with Crippen LogP contribution in [0.5, 0.6) is 0 Å². The molecule has 0 amide bonds. The average Bonchev–Trinajstić information content (AvgIpc) is 3.03. The van der Waals surface area contributed by atoms with Crippen molar-refractivity contribution >= 4 is 34.8 Å². The first kappa shape index (κ1) is 19.3. The van der Waals surface area contributed by atoms with Crippen LogP contribution in [0, 0.1) is 11.8 Å². The van der Waals surface area contributed by atoms with E-state index >= 15 is 0 Å². The van der Waals surface area contributed by atoms with Crippen molar-refractivity contribution in [1.29, 1.82) is 0 Å². The molecule has 0 aromatic carbocycles. The maximum absolute atomic E-state index is 13.0. The molecule has 0 aliphatic carbocycles. The monoisotopic (exact) mass is 389 g/mol. The summed E-state index contributed by atoms with van der Waals surface area (Å²) in [6, 6.07) is 0. The highest BCUT2D eigenvalue weighted by Crippen LogP contribution is 2.26. The molecule has 1 unspecified atom stereocenters. The fourth-order valence-electron chi connectivity index (χ4n) is 3.09. The number of aromatic nitrogens is 4. The van der Waals surface area contributed by atoms with Crippen LogP contribution in [0.4, 0.5) is 5.95 Å². The third kappa shape index (κ3) is 3.81. The van der Waals surface area contributed by atoms with Crippen molar-refractivity contribution in [2.24, 2.45) is 7.05 Å². The molecule has 1 fully saturated rings. The number of carbonyl (C=O) groups is 1. The highest BCUT2D eigenvalue weighted by molar-refractivity contribution is 8.00. The first-order chi connectivity index (χ1) is 12.9. The molecule has 1 aliphatic rings. The summed E-state index contributed by atoms with van der Waals surface area (Å²) in [6.45, 7) is 5.48. The van der Waals surface area contributed by atoms with Gasteiger partial charge in [0.15, 0.2) is 16.3 Å². The first-order valence-electron chi connectivity index (χ1n) is 8.95. The second kappa shape index (κ2) is 8.05. The SMILES string of the molecule is CC#CCn1c(N2CCCCC2)nc2nc(SC(C)C(=O)O)n(C)c(=O)c21. The van der Waals surface area contributed by atoms with E-state index in [4.69, 9.17) is 5.11 Å². The van der Waals surface area contributed by atoms with Crippen molar-refractivity contribution in [3.63, 3.8) is 0 Å². The number of thioether (sulfide) groups is 1. The van der Waals surface area contributed by atoms with Gasteiger partial charge in [0.1, 0.15) is 5.25 Å². The molecule has 0 radical (unpaired) electrons. The molecule has 27 heavy (non-hydrogen) atoms. The van der Waals surface area contributed by atoms with Crippen molar-refractivity contribution in [2.75, 3.05) is 18.0 Å². The maximum atomic E-state index is 13.0. The van der Waals surface area contributed by atoms with E-state index in [2.05, 4.69) is 26.7 Å². The van der Waals surface area contributed by atoms with Crippen LogP contribution in [0.2, 0.25) is 0 Å². The number of anilines is 1. The van der Waals surface area contributed by atoms with Crippen LogP contribution >= 0.6 is 11.8 Å². The molecule has 2 aromatic heterocycles. The lowest BCUT2D eigenvalue weighted by Gasteiger charge is -2.27. The quantitative estimate of drug-likeness (QED) is 0.473. The number of piperidine rings is 1. The molecule has 3 heterocycles. The molecule has 1 aliphatic heterocycles. The van der Waals surface area contributed by atoms with Gasteiger partial charge in [0.05, 0.1) is 6.54 Å². The Balaban J connectivity index is 2.15. The zero-order valence-corrected chi connectivity index (χ0v) is 16.5. The Morgan fingerprint density at radius 3 is 2.63 bits per heavy atom. The molecule has 0 saturated carbocycles. The molecule has 1 saturated heterocycles. The van der Waals surface area contributed by atoms with Gasteiger partial charge in [0, 0.05) is 20.1 Å². The van der Waals surface area contributed by atoms with E-state index in [1.165, 1.54) is 11.0 Å². The number of carboxylic acid groups (broad SMARTS) is 1. The maximum Gasteiger partial charge on any atom is 0.316 e. The lowest BCUT2D eigenvalue weighted by atomic mass is 10.1. The summed E-state index contributed by atoms with van der Waals surface area (Å²) in [6.07, 6.45) is 3.37. The Kier molecular flexibility index (Phi) is 5.75. The molecule has 8 nitrogen and oxygen atoms in total. The van der Waals surface area contributed by atoms with Crippen molar-refractivity contribution in [2.45, 2.75) is 50.1 Å². The lowest BCUT2D eigenvalue weighted by Crippen LogP contribution is -2.32. The molecule has 1 atom stereocenters. The number of nitrogens with zero attached hydrogens (tertiary/aromatic N) is 5. The van der Waals surface area contributed by atoms with Gasteiger partial charge in [-0.2, -0.15) is 4.98 Å². The summed E-state index contributed by atoms with van der Waals surface area (Å²) in [5.74, 6) is 5.65. The molecular weight excluding hydrogens is 366 g/mol. The molecule has 2 aromatic rings. The van der Waals surface area contributed by atoms with E-state index in [1.54, 1.807) is 20.9 Å². The Hall–Kier alpha value is -2.47. The van der Waals surface area contributed by atoms with Crippen LogP contribution in [0.25, 0.3) is 11.2 Å². The second-order valence-electron chi connectivity index (χ2n) is 6.50. The van der Waals surface area contributed by atoms with E-state index in [0.717, 1.165) is 37.7 Å². The lowest BCUT2D eigenvalue weighted by molar-refractivity contribution is -0.136. The topological polar surface area (TPSA) is 93.2 Å². The Morgan fingerprint density at radius 2 is 2.00 bits per heavy atom. The largest absolute Gasteiger partial charge is 0.480 e. The zero-order valence-electron chi connectivity index (χ0n) is 15.7. The van der Waals surface area contributed by atoms with Crippen LogP contribution in [-0.2, 0) is 18.4 Å². The van der Waals surface area contributed by atoms with Crippen molar-refractivity contribution < 1.29 is 9.90 Å². The molecule has 144 valence electrons. The minimum atomic E-state index is -0.952. The number of hydrogen-bond donors (Lipinski definition) is 1. The minimum absolute atomic E-state index is 0.242. The summed E-state index contributed by atoms with van der Waals surface area (Å²) in [5, 5.41) is 8.79. The van der Waals surface area contributed by atoms with Crippen LogP contribution in [-0.4, -0.2) is 48.5 Å². The summed E-state index contributed by atoms with van der Waals surface area (Å²) >= 11 is 1.04. The van der Waals surface area contributed by atoms with Gasteiger partial charge in [-0.1, -0.05) is 17.7 Å². The standard InChI is InChI=1S/C18H23N5O3S/c1-4-5-11-23-13-14(19-17(23)22-9-7-6-8-10-22)20-18(21(3)15(13)24)27-12(2)16(25)26/h12H,6-11H2,1-3H3,(H,25,26). The third-order valence-corrected chi connectivity index (χ3v) is 5.74. The van der Waals surface area contributed by atoms with Gasteiger partial charge >= 0.3 is 5.97 Å². The molecule has 0 bridgehead atoms. The fourth-order valence-corrected chi connectivity index (χ4v) is 3.88. The van der Waals surface area contributed by atoms with Gasteiger partial charge < -0.3 is 10.0 Å². The number of aliphatic carboxylic acids is 1. The first-order valence-corrected chi connectivity index (χ1v) is 9.83. The smallest absolute Gasteiger partial charge is 0.316 e. The van der Waals surface area contributed by atoms with E-state index in [0.29, 0.717) is 28.8 Å². The van der Waals surface area contributed by atoms with E-state index in [-0.39, 0.29) is 5.56 Å². The Labute approximate surface area is 161 Å². The number of hydrogen-bond acceptors (Lipinski definition) is 6. The highest BCUT2D eigenvalue weighted by Gasteiger charge is 2.24. The molecule has 9 heteroatoms. The van der Waals surface area contributed by atoms with Crippen molar-refractivity contribution in [1.82, 2.24) is 19.1 Å².